The van der Waals surface area contributed by atoms with E-state index in [0.29, 0.717) is 5.56 Å². The van der Waals surface area contributed by atoms with Crippen molar-refractivity contribution < 1.29 is 0 Å². The lowest BCUT2D eigenvalue weighted by atomic mass is 10.1. The standard InChI is InChI=1S/C18H16N2O/c1-13-7-9-14(10-8-13)17-11-16(12-19-18(17)21)20-15-5-3-2-4-6-15/h2-12,20H,1H3,(H,19,21). The van der Waals surface area contributed by atoms with E-state index < -0.39 is 0 Å². The molecule has 3 nitrogen and oxygen atoms in total. The van der Waals surface area contributed by atoms with Crippen LogP contribution in [0.5, 0.6) is 0 Å². The molecule has 3 aromatic rings. The molecule has 2 N–H and O–H groups in total. The van der Waals surface area contributed by atoms with Gasteiger partial charge in [0, 0.05) is 17.4 Å². The molecule has 0 amide bonds. The lowest BCUT2D eigenvalue weighted by molar-refractivity contribution is 1.24. The number of aryl methyl sites for hydroxylation is 1. The minimum atomic E-state index is -0.0857. The fourth-order valence-corrected chi connectivity index (χ4v) is 2.19. The number of hydrogen-bond donors (Lipinski definition) is 2. The van der Waals surface area contributed by atoms with Crippen molar-refractivity contribution in [2.45, 2.75) is 6.92 Å². The van der Waals surface area contributed by atoms with E-state index in [1.165, 1.54) is 5.56 Å². The van der Waals surface area contributed by atoms with Gasteiger partial charge in [-0.2, -0.15) is 0 Å². The molecule has 2 aromatic carbocycles. The van der Waals surface area contributed by atoms with Crippen molar-refractivity contribution >= 4 is 11.4 Å². The van der Waals surface area contributed by atoms with Gasteiger partial charge in [-0.1, -0.05) is 48.0 Å². The third kappa shape index (κ3) is 3.03. The molecule has 3 rings (SSSR count). The van der Waals surface area contributed by atoms with Crippen LogP contribution in [0.1, 0.15) is 5.56 Å². The maximum absolute atomic E-state index is 12.0. The Morgan fingerprint density at radius 3 is 2.33 bits per heavy atom. The third-order valence-corrected chi connectivity index (χ3v) is 3.33. The Labute approximate surface area is 123 Å². The summed E-state index contributed by atoms with van der Waals surface area (Å²) in [5.41, 5.74) is 4.51. The molecule has 0 aliphatic rings. The maximum Gasteiger partial charge on any atom is 0.255 e. The fraction of sp³-hybridized carbons (Fsp3) is 0.0556. The molecule has 0 radical (unpaired) electrons. The van der Waals surface area contributed by atoms with E-state index in [0.717, 1.165) is 16.9 Å². The highest BCUT2D eigenvalue weighted by molar-refractivity contribution is 5.69. The number of aromatic nitrogens is 1. The number of hydrogen-bond acceptors (Lipinski definition) is 2. The zero-order valence-electron chi connectivity index (χ0n) is 11.8. The number of nitrogens with one attached hydrogen (secondary N) is 2. The van der Waals surface area contributed by atoms with Gasteiger partial charge in [0.1, 0.15) is 0 Å². The fourth-order valence-electron chi connectivity index (χ4n) is 2.19. The first-order valence-electron chi connectivity index (χ1n) is 6.84. The third-order valence-electron chi connectivity index (χ3n) is 3.33. The van der Waals surface area contributed by atoms with Crippen LogP contribution in [0.4, 0.5) is 11.4 Å². The Balaban J connectivity index is 1.97. The summed E-state index contributed by atoms with van der Waals surface area (Å²) in [5, 5.41) is 3.28. The SMILES string of the molecule is Cc1ccc(-c2cc(Nc3ccccc3)c[nH]c2=O)cc1. The van der Waals surface area contributed by atoms with Gasteiger partial charge in [-0.25, -0.2) is 0 Å². The summed E-state index contributed by atoms with van der Waals surface area (Å²) in [6.07, 6.45) is 1.69. The zero-order valence-corrected chi connectivity index (χ0v) is 11.8. The quantitative estimate of drug-likeness (QED) is 0.756. The van der Waals surface area contributed by atoms with Gasteiger partial charge < -0.3 is 10.3 Å². The average molecular weight is 276 g/mol. The van der Waals surface area contributed by atoms with E-state index in [-0.39, 0.29) is 5.56 Å². The van der Waals surface area contributed by atoms with Gasteiger partial charge in [0.15, 0.2) is 0 Å². The molecule has 0 saturated carbocycles. The van der Waals surface area contributed by atoms with Crippen LogP contribution in [0.3, 0.4) is 0 Å². The van der Waals surface area contributed by atoms with E-state index in [1.54, 1.807) is 6.20 Å². The van der Waals surface area contributed by atoms with E-state index in [9.17, 15) is 4.79 Å². The van der Waals surface area contributed by atoms with Gasteiger partial charge in [-0.05, 0) is 30.7 Å². The first-order valence-corrected chi connectivity index (χ1v) is 6.84. The molecule has 0 bridgehead atoms. The Morgan fingerprint density at radius 1 is 0.905 bits per heavy atom. The van der Waals surface area contributed by atoms with Crippen LogP contribution in [0, 0.1) is 6.92 Å². The second kappa shape index (κ2) is 5.67. The lowest BCUT2D eigenvalue weighted by Crippen LogP contribution is -2.09. The molecule has 104 valence electrons. The van der Waals surface area contributed by atoms with Gasteiger partial charge in [0.05, 0.1) is 5.69 Å². The van der Waals surface area contributed by atoms with Gasteiger partial charge in [0.2, 0.25) is 0 Å². The van der Waals surface area contributed by atoms with Crippen LogP contribution in [0.25, 0.3) is 11.1 Å². The number of para-hydroxylation sites is 1. The van der Waals surface area contributed by atoms with Crippen LogP contribution in [0.2, 0.25) is 0 Å². The molecule has 1 heterocycles. The molecule has 21 heavy (non-hydrogen) atoms. The normalized spacial score (nSPS) is 10.3. The molecule has 1 aromatic heterocycles. The van der Waals surface area contributed by atoms with Crippen molar-refractivity contribution in [2.24, 2.45) is 0 Å². The van der Waals surface area contributed by atoms with E-state index >= 15 is 0 Å². The first-order chi connectivity index (χ1) is 10.2. The number of benzene rings is 2. The molecule has 0 aliphatic heterocycles. The summed E-state index contributed by atoms with van der Waals surface area (Å²) in [7, 11) is 0. The lowest BCUT2D eigenvalue weighted by Gasteiger charge is -2.08. The molecule has 0 unspecified atom stereocenters. The molecular weight excluding hydrogens is 260 g/mol. The van der Waals surface area contributed by atoms with Crippen molar-refractivity contribution in [3.8, 4) is 11.1 Å². The van der Waals surface area contributed by atoms with Crippen molar-refractivity contribution in [3.05, 3.63) is 82.8 Å². The summed E-state index contributed by atoms with van der Waals surface area (Å²) in [4.78, 5) is 14.8. The Bertz CT molecular complexity index is 789. The Morgan fingerprint density at radius 2 is 1.62 bits per heavy atom. The Hall–Kier alpha value is -2.81. The number of rotatable bonds is 3. The van der Waals surface area contributed by atoms with Gasteiger partial charge in [-0.15, -0.1) is 0 Å². The zero-order chi connectivity index (χ0) is 14.7. The summed E-state index contributed by atoms with van der Waals surface area (Å²) in [5.74, 6) is 0. The highest BCUT2D eigenvalue weighted by Crippen LogP contribution is 2.21. The highest BCUT2D eigenvalue weighted by Gasteiger charge is 2.05. The monoisotopic (exact) mass is 276 g/mol. The van der Waals surface area contributed by atoms with Gasteiger partial charge in [-0.3, -0.25) is 4.79 Å². The van der Waals surface area contributed by atoms with Crippen molar-refractivity contribution in [3.63, 3.8) is 0 Å². The molecular formula is C18H16N2O. The minimum absolute atomic E-state index is 0.0857. The topological polar surface area (TPSA) is 44.9 Å². The number of anilines is 2. The minimum Gasteiger partial charge on any atom is -0.354 e. The first kappa shape index (κ1) is 13.2. The van der Waals surface area contributed by atoms with Crippen LogP contribution < -0.4 is 10.9 Å². The number of H-pyrrole nitrogens is 1. The largest absolute Gasteiger partial charge is 0.354 e. The summed E-state index contributed by atoms with van der Waals surface area (Å²) >= 11 is 0. The molecule has 0 fully saturated rings. The van der Waals surface area contributed by atoms with Crippen molar-refractivity contribution in [2.75, 3.05) is 5.32 Å². The van der Waals surface area contributed by atoms with Gasteiger partial charge >= 0.3 is 0 Å². The second-order valence-corrected chi connectivity index (χ2v) is 4.99. The van der Waals surface area contributed by atoms with Gasteiger partial charge in [0.25, 0.3) is 5.56 Å². The van der Waals surface area contributed by atoms with Crippen LogP contribution in [-0.4, -0.2) is 4.98 Å². The molecule has 3 heteroatoms. The summed E-state index contributed by atoms with van der Waals surface area (Å²) in [6, 6.07) is 19.7. The van der Waals surface area contributed by atoms with Crippen LogP contribution in [0.15, 0.2) is 71.7 Å². The molecule has 0 saturated heterocycles. The van der Waals surface area contributed by atoms with Crippen molar-refractivity contribution in [1.29, 1.82) is 0 Å². The van der Waals surface area contributed by atoms with E-state index in [4.69, 9.17) is 0 Å². The summed E-state index contributed by atoms with van der Waals surface area (Å²) < 4.78 is 0. The predicted molar refractivity (Wildman–Crippen MR) is 87.0 cm³/mol. The molecule has 0 atom stereocenters. The molecule has 0 spiro atoms. The summed E-state index contributed by atoms with van der Waals surface area (Å²) in [6.45, 7) is 2.03. The predicted octanol–water partition coefficient (Wildman–Crippen LogP) is 4.09. The Kier molecular flexibility index (Phi) is 3.56. The number of aromatic amines is 1. The second-order valence-electron chi connectivity index (χ2n) is 4.99. The van der Waals surface area contributed by atoms with Crippen LogP contribution in [-0.2, 0) is 0 Å². The number of pyridine rings is 1. The van der Waals surface area contributed by atoms with E-state index in [2.05, 4.69) is 10.3 Å². The van der Waals surface area contributed by atoms with Crippen molar-refractivity contribution in [1.82, 2.24) is 4.98 Å². The van der Waals surface area contributed by atoms with Crippen LogP contribution >= 0.6 is 0 Å². The van der Waals surface area contributed by atoms with E-state index in [1.807, 2.05) is 67.6 Å². The molecule has 0 aliphatic carbocycles. The smallest absolute Gasteiger partial charge is 0.255 e. The highest BCUT2D eigenvalue weighted by atomic mass is 16.1. The maximum atomic E-state index is 12.0. The average Bonchev–Trinajstić information content (AvgIpc) is 2.51.